The van der Waals surface area contributed by atoms with E-state index in [1.807, 2.05) is 6.07 Å². The van der Waals surface area contributed by atoms with Crippen LogP contribution in [-0.2, 0) is 6.42 Å². The summed E-state index contributed by atoms with van der Waals surface area (Å²) < 4.78 is 14.5. The third kappa shape index (κ3) is 4.03. The summed E-state index contributed by atoms with van der Waals surface area (Å²) in [5, 5.41) is 3.57. The highest BCUT2D eigenvalue weighted by molar-refractivity contribution is 9.10. The Morgan fingerprint density at radius 2 is 2.00 bits per heavy atom. The van der Waals surface area contributed by atoms with E-state index in [4.69, 9.17) is 0 Å². The molecule has 1 aliphatic rings. The van der Waals surface area contributed by atoms with Crippen molar-refractivity contribution in [3.8, 4) is 0 Å². The van der Waals surface area contributed by atoms with Gasteiger partial charge in [-0.15, -0.1) is 0 Å². The minimum Gasteiger partial charge on any atom is -0.314 e. The van der Waals surface area contributed by atoms with E-state index >= 15 is 0 Å². The molecule has 0 atom stereocenters. The van der Waals surface area contributed by atoms with Crippen LogP contribution in [0.15, 0.2) is 22.7 Å². The van der Waals surface area contributed by atoms with Crippen molar-refractivity contribution >= 4 is 15.9 Å². The normalized spacial score (nSPS) is 18.2. The first-order valence-electron chi connectivity index (χ1n) is 7.18. The van der Waals surface area contributed by atoms with Crippen LogP contribution in [-0.4, -0.2) is 12.6 Å². The number of hydrogen-bond acceptors (Lipinski definition) is 1. The summed E-state index contributed by atoms with van der Waals surface area (Å²) in [6.07, 6.45) is 6.05. The van der Waals surface area contributed by atoms with Gasteiger partial charge in [0.1, 0.15) is 5.82 Å². The van der Waals surface area contributed by atoms with Gasteiger partial charge in [-0.05, 0) is 48.4 Å². The van der Waals surface area contributed by atoms with Crippen LogP contribution in [0.4, 0.5) is 4.39 Å². The maximum atomic E-state index is 13.4. The molecular formula is C16H23BrFN. The summed E-state index contributed by atoms with van der Waals surface area (Å²) in [4.78, 5) is 0. The first kappa shape index (κ1) is 15.0. The summed E-state index contributed by atoms with van der Waals surface area (Å²) in [5.41, 5.74) is 1.41. The van der Waals surface area contributed by atoms with Crippen molar-refractivity contribution in [3.05, 3.63) is 34.1 Å². The van der Waals surface area contributed by atoms with Crippen LogP contribution in [0.3, 0.4) is 0 Å². The number of rotatable bonds is 5. The van der Waals surface area contributed by atoms with Crippen molar-refractivity contribution < 1.29 is 4.39 Å². The highest BCUT2D eigenvalue weighted by Gasteiger charge is 2.34. The van der Waals surface area contributed by atoms with Crippen LogP contribution in [0.1, 0.15) is 45.1 Å². The van der Waals surface area contributed by atoms with Crippen molar-refractivity contribution in [2.24, 2.45) is 5.41 Å². The maximum Gasteiger partial charge on any atom is 0.123 e. The zero-order valence-electron chi connectivity index (χ0n) is 11.8. The molecule has 1 aromatic carbocycles. The standard InChI is InChI=1S/C16H23BrFN/c1-12(2)19-11-16(7-3-4-8-16)10-13-9-14(18)5-6-15(13)17/h5-6,9,12,19H,3-4,7-8,10-11H2,1-2H3. The van der Waals surface area contributed by atoms with E-state index in [0.717, 1.165) is 23.0 Å². The lowest BCUT2D eigenvalue weighted by molar-refractivity contribution is 0.268. The Morgan fingerprint density at radius 3 is 2.63 bits per heavy atom. The Hall–Kier alpha value is -0.410. The van der Waals surface area contributed by atoms with Gasteiger partial charge in [-0.25, -0.2) is 4.39 Å². The minimum atomic E-state index is -0.136. The fraction of sp³-hybridized carbons (Fsp3) is 0.625. The third-order valence-electron chi connectivity index (χ3n) is 4.12. The fourth-order valence-corrected chi connectivity index (χ4v) is 3.43. The van der Waals surface area contributed by atoms with Gasteiger partial charge in [-0.2, -0.15) is 0 Å². The van der Waals surface area contributed by atoms with Gasteiger partial charge in [0.05, 0.1) is 0 Å². The molecule has 0 saturated heterocycles. The predicted octanol–water partition coefficient (Wildman–Crippen LogP) is 4.69. The molecule has 1 nitrogen and oxygen atoms in total. The second-order valence-corrected chi connectivity index (χ2v) is 7.01. The van der Waals surface area contributed by atoms with Crippen LogP contribution in [0.5, 0.6) is 0 Å². The van der Waals surface area contributed by atoms with E-state index in [1.165, 1.54) is 31.7 Å². The third-order valence-corrected chi connectivity index (χ3v) is 4.90. The van der Waals surface area contributed by atoms with Crippen molar-refractivity contribution in [2.75, 3.05) is 6.54 Å². The monoisotopic (exact) mass is 327 g/mol. The number of nitrogens with one attached hydrogen (secondary N) is 1. The van der Waals surface area contributed by atoms with E-state index in [1.54, 1.807) is 6.07 Å². The molecule has 19 heavy (non-hydrogen) atoms. The fourth-order valence-electron chi connectivity index (χ4n) is 3.04. The summed E-state index contributed by atoms with van der Waals surface area (Å²) in [6, 6.07) is 5.53. The summed E-state index contributed by atoms with van der Waals surface area (Å²) >= 11 is 3.55. The van der Waals surface area contributed by atoms with Crippen LogP contribution in [0.2, 0.25) is 0 Å². The first-order chi connectivity index (χ1) is 9.01. The van der Waals surface area contributed by atoms with Crippen molar-refractivity contribution in [1.82, 2.24) is 5.32 Å². The van der Waals surface area contributed by atoms with Gasteiger partial charge in [0.15, 0.2) is 0 Å². The molecule has 3 heteroatoms. The largest absolute Gasteiger partial charge is 0.314 e. The molecule has 1 aliphatic carbocycles. The highest BCUT2D eigenvalue weighted by Crippen LogP contribution is 2.41. The molecule has 0 unspecified atom stereocenters. The zero-order chi connectivity index (χ0) is 13.9. The molecule has 0 aliphatic heterocycles. The van der Waals surface area contributed by atoms with E-state index in [9.17, 15) is 4.39 Å². The van der Waals surface area contributed by atoms with Gasteiger partial charge < -0.3 is 5.32 Å². The van der Waals surface area contributed by atoms with Gasteiger partial charge >= 0.3 is 0 Å². The smallest absolute Gasteiger partial charge is 0.123 e. The van der Waals surface area contributed by atoms with E-state index in [-0.39, 0.29) is 5.82 Å². The average Bonchev–Trinajstić information content (AvgIpc) is 2.81. The van der Waals surface area contributed by atoms with E-state index in [0.29, 0.717) is 11.5 Å². The zero-order valence-corrected chi connectivity index (χ0v) is 13.4. The van der Waals surface area contributed by atoms with Gasteiger partial charge in [0.2, 0.25) is 0 Å². The Kier molecular flexibility index (Phi) is 5.02. The second kappa shape index (κ2) is 6.36. The number of halogens is 2. The Balaban J connectivity index is 2.13. The lowest BCUT2D eigenvalue weighted by Crippen LogP contribution is -2.37. The summed E-state index contributed by atoms with van der Waals surface area (Å²) in [7, 11) is 0. The number of hydrogen-bond donors (Lipinski definition) is 1. The van der Waals surface area contributed by atoms with Crippen LogP contribution in [0.25, 0.3) is 0 Å². The lowest BCUT2D eigenvalue weighted by atomic mass is 9.79. The van der Waals surface area contributed by atoms with Crippen molar-refractivity contribution in [3.63, 3.8) is 0 Å². The van der Waals surface area contributed by atoms with Gasteiger partial charge in [0, 0.05) is 17.1 Å². The molecule has 2 rings (SSSR count). The molecule has 0 amide bonds. The Morgan fingerprint density at radius 1 is 1.32 bits per heavy atom. The molecular weight excluding hydrogens is 305 g/mol. The Labute approximate surface area is 124 Å². The molecule has 0 bridgehead atoms. The van der Waals surface area contributed by atoms with Crippen LogP contribution < -0.4 is 5.32 Å². The molecule has 1 saturated carbocycles. The summed E-state index contributed by atoms with van der Waals surface area (Å²) in [5.74, 6) is -0.136. The lowest BCUT2D eigenvalue weighted by Gasteiger charge is -2.31. The number of benzene rings is 1. The molecule has 0 heterocycles. The van der Waals surface area contributed by atoms with Crippen LogP contribution >= 0.6 is 15.9 Å². The topological polar surface area (TPSA) is 12.0 Å². The van der Waals surface area contributed by atoms with Gasteiger partial charge in [-0.1, -0.05) is 42.6 Å². The minimum absolute atomic E-state index is 0.136. The molecule has 0 aromatic heterocycles. The average molecular weight is 328 g/mol. The molecule has 1 N–H and O–H groups in total. The first-order valence-corrected chi connectivity index (χ1v) is 7.97. The molecule has 0 radical (unpaired) electrons. The predicted molar refractivity (Wildman–Crippen MR) is 81.8 cm³/mol. The molecule has 1 fully saturated rings. The summed E-state index contributed by atoms with van der Waals surface area (Å²) in [6.45, 7) is 5.40. The van der Waals surface area contributed by atoms with E-state index < -0.39 is 0 Å². The maximum absolute atomic E-state index is 13.4. The second-order valence-electron chi connectivity index (χ2n) is 6.16. The van der Waals surface area contributed by atoms with Crippen LogP contribution in [0, 0.1) is 11.2 Å². The van der Waals surface area contributed by atoms with Gasteiger partial charge in [0.25, 0.3) is 0 Å². The Bertz CT molecular complexity index is 425. The molecule has 106 valence electrons. The molecule has 1 aromatic rings. The quantitative estimate of drug-likeness (QED) is 0.827. The highest BCUT2D eigenvalue weighted by atomic mass is 79.9. The SMILES string of the molecule is CC(C)NCC1(Cc2cc(F)ccc2Br)CCCC1. The van der Waals surface area contributed by atoms with Crippen molar-refractivity contribution in [1.29, 1.82) is 0 Å². The van der Waals surface area contributed by atoms with Crippen molar-refractivity contribution in [2.45, 2.75) is 52.0 Å². The van der Waals surface area contributed by atoms with Gasteiger partial charge in [-0.3, -0.25) is 0 Å². The molecule has 0 spiro atoms. The van der Waals surface area contributed by atoms with E-state index in [2.05, 4.69) is 35.1 Å².